The largest absolute Gasteiger partial charge is 0.354 e. The fraction of sp³-hybridized carbons (Fsp3) is 0.357. The highest BCUT2D eigenvalue weighted by atomic mass is 16.2. The van der Waals surface area contributed by atoms with Crippen LogP contribution in [0.3, 0.4) is 0 Å². The molecule has 4 heterocycles. The number of hydrogen-bond acceptors (Lipinski definition) is 6. The quantitative estimate of drug-likeness (QED) is 0.375. The molecule has 2 aliphatic heterocycles. The number of urea groups is 1. The van der Waals surface area contributed by atoms with Crippen LogP contribution >= 0.6 is 0 Å². The van der Waals surface area contributed by atoms with Crippen molar-refractivity contribution >= 4 is 23.0 Å². The Balaban J connectivity index is 1.03. The number of nitrogens with zero attached hydrogens (tertiary/aromatic N) is 5. The highest BCUT2D eigenvalue weighted by Gasteiger charge is 2.27. The summed E-state index contributed by atoms with van der Waals surface area (Å²) in [5, 5.41) is 10.0. The lowest BCUT2D eigenvalue weighted by atomic mass is 9.95. The highest BCUT2D eigenvalue weighted by Crippen LogP contribution is 2.23. The average molecular weight is 497 g/mol. The van der Waals surface area contributed by atoms with Crippen LogP contribution in [-0.4, -0.2) is 56.6 Å². The van der Waals surface area contributed by atoms with Gasteiger partial charge in [-0.1, -0.05) is 36.4 Å². The number of amides is 2. The van der Waals surface area contributed by atoms with E-state index >= 15 is 0 Å². The second kappa shape index (κ2) is 10.6. The maximum absolute atomic E-state index is 13.1. The molecule has 0 spiro atoms. The van der Waals surface area contributed by atoms with Crippen molar-refractivity contribution in [3.63, 3.8) is 0 Å². The number of fused-ring (bicyclic) bond motifs is 2. The number of aromatic nitrogens is 4. The van der Waals surface area contributed by atoms with Crippen molar-refractivity contribution in [3.05, 3.63) is 78.2 Å². The Bertz CT molecular complexity index is 1390. The van der Waals surface area contributed by atoms with E-state index in [4.69, 9.17) is 4.98 Å². The minimum atomic E-state index is -0.128. The third-order valence-corrected chi connectivity index (χ3v) is 7.36. The summed E-state index contributed by atoms with van der Waals surface area (Å²) in [5.41, 5.74) is 4.43. The molecule has 2 amide bonds. The second-order valence-electron chi connectivity index (χ2n) is 9.80. The summed E-state index contributed by atoms with van der Waals surface area (Å²) >= 11 is 0. The van der Waals surface area contributed by atoms with Gasteiger partial charge in [0.15, 0.2) is 0 Å². The van der Waals surface area contributed by atoms with E-state index in [0.717, 1.165) is 68.7 Å². The van der Waals surface area contributed by atoms with Gasteiger partial charge in [0.2, 0.25) is 5.95 Å². The lowest BCUT2D eigenvalue weighted by Gasteiger charge is -2.35. The zero-order valence-electron chi connectivity index (χ0n) is 20.8. The van der Waals surface area contributed by atoms with E-state index < -0.39 is 0 Å². The highest BCUT2D eigenvalue weighted by molar-refractivity contribution is 5.77. The molecule has 1 fully saturated rings. The molecule has 9 heteroatoms. The van der Waals surface area contributed by atoms with Crippen molar-refractivity contribution in [2.24, 2.45) is 5.92 Å². The van der Waals surface area contributed by atoms with Crippen molar-refractivity contribution < 1.29 is 4.79 Å². The van der Waals surface area contributed by atoms with E-state index in [1.807, 2.05) is 45.9 Å². The molecule has 0 aliphatic carbocycles. The fourth-order valence-corrected chi connectivity index (χ4v) is 5.43. The summed E-state index contributed by atoms with van der Waals surface area (Å²) in [5.74, 6) is 1.83. The molecule has 37 heavy (non-hydrogen) atoms. The molecule has 6 rings (SSSR count). The van der Waals surface area contributed by atoms with Gasteiger partial charge in [-0.2, -0.15) is 4.98 Å². The van der Waals surface area contributed by atoms with Gasteiger partial charge in [-0.25, -0.2) is 14.8 Å². The molecular formula is C28H32N8O. The zero-order valence-corrected chi connectivity index (χ0v) is 20.8. The number of nitrogens with one attached hydrogen (secondary N) is 3. The van der Waals surface area contributed by atoms with Crippen LogP contribution in [0.25, 0.3) is 16.9 Å². The lowest BCUT2D eigenvalue weighted by molar-refractivity contribution is 0.158. The Morgan fingerprint density at radius 3 is 2.95 bits per heavy atom. The maximum atomic E-state index is 13.1. The predicted molar refractivity (Wildman–Crippen MR) is 143 cm³/mol. The van der Waals surface area contributed by atoms with Gasteiger partial charge in [0.1, 0.15) is 18.3 Å². The van der Waals surface area contributed by atoms with Gasteiger partial charge in [-0.15, -0.1) is 0 Å². The van der Waals surface area contributed by atoms with E-state index in [1.54, 1.807) is 12.5 Å². The summed E-state index contributed by atoms with van der Waals surface area (Å²) in [6, 6.07) is 18.2. The second-order valence-corrected chi connectivity index (χ2v) is 9.80. The standard InChI is InChI=1S/C28H32N8O/c37-28(34-26-22-8-2-1-7-21(22)12-15-29-26)35-17-5-6-20(18-35)11-14-30-27-31-16-13-25(33-27)36-19-32-23-9-3-4-10-24(23)36/h1-4,7-10,13,16,19-20,26,29H,5-6,11-12,14-15,17-18H2,(H,34,37)(H,30,31,33). The Morgan fingerprint density at radius 1 is 1.08 bits per heavy atom. The first-order valence-corrected chi connectivity index (χ1v) is 13.1. The number of likely N-dealkylation sites (tertiary alicyclic amines) is 1. The molecule has 190 valence electrons. The molecule has 1 saturated heterocycles. The Hall–Kier alpha value is -3.98. The zero-order chi connectivity index (χ0) is 25.0. The van der Waals surface area contributed by atoms with Crippen LogP contribution in [-0.2, 0) is 6.42 Å². The smallest absolute Gasteiger partial charge is 0.318 e. The molecule has 0 saturated carbocycles. The minimum Gasteiger partial charge on any atom is -0.354 e. The third-order valence-electron chi connectivity index (χ3n) is 7.36. The third kappa shape index (κ3) is 5.13. The molecule has 3 N–H and O–H groups in total. The molecule has 2 aromatic carbocycles. The van der Waals surface area contributed by atoms with Crippen LogP contribution < -0.4 is 16.0 Å². The normalized spacial score (nSPS) is 19.4. The van der Waals surface area contributed by atoms with Gasteiger partial charge >= 0.3 is 6.03 Å². The van der Waals surface area contributed by atoms with Crippen molar-refractivity contribution in [2.75, 3.05) is 31.5 Å². The summed E-state index contributed by atoms with van der Waals surface area (Å²) in [4.78, 5) is 28.6. The average Bonchev–Trinajstić information content (AvgIpc) is 3.38. The predicted octanol–water partition coefficient (Wildman–Crippen LogP) is 3.88. The van der Waals surface area contributed by atoms with Crippen LogP contribution in [0.1, 0.15) is 36.6 Å². The van der Waals surface area contributed by atoms with Gasteiger partial charge in [0, 0.05) is 32.4 Å². The molecule has 0 bridgehead atoms. The van der Waals surface area contributed by atoms with Crippen molar-refractivity contribution in [2.45, 2.75) is 31.8 Å². The SMILES string of the molecule is O=C(NC1NCCc2ccccc21)N1CCCC(CCNc2nccc(-n3cnc4ccccc43)n2)C1. The molecule has 4 aromatic rings. The van der Waals surface area contributed by atoms with E-state index in [9.17, 15) is 4.79 Å². The van der Waals surface area contributed by atoms with E-state index in [2.05, 4.69) is 44.1 Å². The molecule has 2 aromatic heterocycles. The number of benzene rings is 2. The number of imidazole rings is 1. The van der Waals surface area contributed by atoms with Gasteiger partial charge in [-0.3, -0.25) is 9.88 Å². The Labute approximate surface area is 216 Å². The summed E-state index contributed by atoms with van der Waals surface area (Å²) < 4.78 is 1.97. The van der Waals surface area contributed by atoms with Crippen LogP contribution in [0.5, 0.6) is 0 Å². The number of hydrogen-bond donors (Lipinski definition) is 3. The van der Waals surface area contributed by atoms with E-state index in [0.29, 0.717) is 11.9 Å². The molecule has 2 aliphatic rings. The number of piperidine rings is 1. The number of anilines is 1. The van der Waals surface area contributed by atoms with Crippen LogP contribution in [0.2, 0.25) is 0 Å². The first-order chi connectivity index (χ1) is 18.2. The molecular weight excluding hydrogens is 464 g/mol. The molecule has 2 unspecified atom stereocenters. The van der Waals surface area contributed by atoms with Gasteiger partial charge < -0.3 is 15.5 Å². The Morgan fingerprint density at radius 2 is 1.97 bits per heavy atom. The summed E-state index contributed by atoms with van der Waals surface area (Å²) in [6.07, 6.45) is 7.52. The van der Waals surface area contributed by atoms with E-state index in [1.165, 1.54) is 11.1 Å². The fourth-order valence-electron chi connectivity index (χ4n) is 5.43. The first-order valence-electron chi connectivity index (χ1n) is 13.1. The first kappa shape index (κ1) is 23.4. The van der Waals surface area contributed by atoms with E-state index in [-0.39, 0.29) is 12.2 Å². The van der Waals surface area contributed by atoms with Gasteiger partial charge in [0.25, 0.3) is 0 Å². The minimum absolute atomic E-state index is 0.00968. The maximum Gasteiger partial charge on any atom is 0.318 e. The molecule has 2 atom stereocenters. The number of para-hydroxylation sites is 2. The van der Waals surface area contributed by atoms with Crippen molar-refractivity contribution in [1.29, 1.82) is 0 Å². The summed E-state index contributed by atoms with van der Waals surface area (Å²) in [7, 11) is 0. The molecule has 0 radical (unpaired) electrons. The molecule has 9 nitrogen and oxygen atoms in total. The topological polar surface area (TPSA) is 100 Å². The number of rotatable bonds is 6. The van der Waals surface area contributed by atoms with Crippen molar-refractivity contribution in [1.82, 2.24) is 35.1 Å². The van der Waals surface area contributed by atoms with Crippen LogP contribution in [0.15, 0.2) is 67.1 Å². The van der Waals surface area contributed by atoms with Gasteiger partial charge in [0.05, 0.1) is 11.0 Å². The number of carbonyl (C=O) groups excluding carboxylic acids is 1. The van der Waals surface area contributed by atoms with Crippen LogP contribution in [0.4, 0.5) is 10.7 Å². The Kier molecular flexibility index (Phi) is 6.68. The van der Waals surface area contributed by atoms with Crippen molar-refractivity contribution in [3.8, 4) is 5.82 Å². The monoisotopic (exact) mass is 496 g/mol. The van der Waals surface area contributed by atoms with Gasteiger partial charge in [-0.05, 0) is 60.9 Å². The number of carbonyl (C=O) groups is 1. The summed E-state index contributed by atoms with van der Waals surface area (Å²) in [6.45, 7) is 3.19. The van der Waals surface area contributed by atoms with Crippen LogP contribution in [0, 0.1) is 5.92 Å². The lowest BCUT2D eigenvalue weighted by Crippen LogP contribution is -2.50.